The van der Waals surface area contributed by atoms with Crippen molar-refractivity contribution in [1.82, 2.24) is 5.32 Å². The van der Waals surface area contributed by atoms with Gasteiger partial charge in [-0.3, -0.25) is 0 Å². The maximum atomic E-state index is 12.9. The van der Waals surface area contributed by atoms with Crippen molar-refractivity contribution in [1.29, 1.82) is 0 Å². The molecule has 1 N–H and O–H groups in total. The first-order valence-electron chi connectivity index (χ1n) is 5.01. The Bertz CT molecular complexity index is 362. The number of halogens is 1. The number of hydrogen-bond donors (Lipinski definition) is 1. The van der Waals surface area contributed by atoms with Gasteiger partial charge in [0.1, 0.15) is 5.82 Å². The zero-order valence-corrected chi connectivity index (χ0v) is 8.61. The normalized spacial score (nSPS) is 25.1. The van der Waals surface area contributed by atoms with E-state index in [1.807, 2.05) is 6.07 Å². The molecule has 1 aliphatic carbocycles. The Balaban J connectivity index is 1.85. The lowest BCUT2D eigenvalue weighted by Gasteiger charge is -2.11. The second kappa shape index (κ2) is 3.24. The Morgan fingerprint density at radius 1 is 1.36 bits per heavy atom. The van der Waals surface area contributed by atoms with Crippen molar-refractivity contribution in [3.63, 3.8) is 0 Å². The Labute approximate surface area is 87.1 Å². The third kappa shape index (κ3) is 1.55. The van der Waals surface area contributed by atoms with E-state index in [0.29, 0.717) is 6.04 Å². The number of fused-ring (bicyclic) bond motifs is 1. The number of nitrogens with one attached hydrogen (secondary N) is 1. The maximum absolute atomic E-state index is 12.9. The fraction of sp³-hybridized carbons (Fsp3) is 0.455. The molecule has 14 heavy (non-hydrogen) atoms. The molecule has 0 saturated heterocycles. The lowest BCUT2D eigenvalue weighted by atomic mass is 10.1. The summed E-state index contributed by atoms with van der Waals surface area (Å²) < 4.78 is 12.9. The van der Waals surface area contributed by atoms with Gasteiger partial charge >= 0.3 is 0 Å². The first-order valence-corrected chi connectivity index (χ1v) is 6.00. The quantitative estimate of drug-likeness (QED) is 0.803. The van der Waals surface area contributed by atoms with Gasteiger partial charge in [0, 0.05) is 22.7 Å². The van der Waals surface area contributed by atoms with E-state index < -0.39 is 0 Å². The van der Waals surface area contributed by atoms with Crippen molar-refractivity contribution in [3.8, 4) is 0 Å². The van der Waals surface area contributed by atoms with Crippen molar-refractivity contribution < 1.29 is 4.39 Å². The van der Waals surface area contributed by atoms with Crippen molar-refractivity contribution in [2.75, 3.05) is 5.75 Å². The largest absolute Gasteiger partial charge is 0.306 e. The van der Waals surface area contributed by atoms with Crippen molar-refractivity contribution in [2.24, 2.45) is 0 Å². The molecular formula is C11H12FNS. The van der Waals surface area contributed by atoms with E-state index in [4.69, 9.17) is 0 Å². The first kappa shape index (κ1) is 8.74. The highest BCUT2D eigenvalue weighted by molar-refractivity contribution is 7.99. The molecule has 1 aromatic rings. The third-order valence-corrected chi connectivity index (χ3v) is 3.94. The van der Waals surface area contributed by atoms with Crippen LogP contribution in [-0.2, 0) is 0 Å². The summed E-state index contributed by atoms with van der Waals surface area (Å²) in [7, 11) is 0. The zero-order valence-electron chi connectivity index (χ0n) is 7.79. The summed E-state index contributed by atoms with van der Waals surface area (Å²) in [6.07, 6.45) is 2.61. The molecule has 1 aliphatic heterocycles. The van der Waals surface area contributed by atoms with Gasteiger partial charge in [-0.05, 0) is 30.5 Å². The summed E-state index contributed by atoms with van der Waals surface area (Å²) in [5, 5.41) is 3.59. The standard InChI is InChI=1S/C11H12FNS/c12-7-1-4-9-10(13-8-2-3-8)6-14-11(9)5-7/h1,4-5,8,10,13H,2-3,6H2. The van der Waals surface area contributed by atoms with E-state index in [0.717, 1.165) is 16.7 Å². The predicted molar refractivity (Wildman–Crippen MR) is 56.0 cm³/mol. The van der Waals surface area contributed by atoms with E-state index in [9.17, 15) is 4.39 Å². The molecule has 1 nitrogen and oxygen atoms in total. The van der Waals surface area contributed by atoms with Crippen LogP contribution in [0.2, 0.25) is 0 Å². The van der Waals surface area contributed by atoms with Crippen LogP contribution in [0.15, 0.2) is 23.1 Å². The lowest BCUT2D eigenvalue weighted by Crippen LogP contribution is -2.23. The summed E-state index contributed by atoms with van der Waals surface area (Å²) in [5.74, 6) is 0.929. The molecule has 0 amide bonds. The van der Waals surface area contributed by atoms with E-state index >= 15 is 0 Å². The van der Waals surface area contributed by atoms with Crippen LogP contribution in [0, 0.1) is 5.82 Å². The predicted octanol–water partition coefficient (Wildman–Crippen LogP) is 2.72. The SMILES string of the molecule is Fc1ccc2c(c1)SCC2NC1CC1. The van der Waals surface area contributed by atoms with Gasteiger partial charge in [0.2, 0.25) is 0 Å². The molecular weight excluding hydrogens is 197 g/mol. The number of hydrogen-bond acceptors (Lipinski definition) is 2. The van der Waals surface area contributed by atoms with Crippen molar-refractivity contribution in [3.05, 3.63) is 29.6 Å². The molecule has 0 aromatic heterocycles. The number of thioether (sulfide) groups is 1. The zero-order chi connectivity index (χ0) is 9.54. The average Bonchev–Trinajstić information content (AvgIpc) is 2.89. The van der Waals surface area contributed by atoms with E-state index in [1.165, 1.54) is 18.4 Å². The average molecular weight is 209 g/mol. The van der Waals surface area contributed by atoms with Gasteiger partial charge in [-0.1, -0.05) is 6.07 Å². The molecule has 1 unspecified atom stereocenters. The minimum Gasteiger partial charge on any atom is -0.306 e. The Morgan fingerprint density at radius 3 is 3.00 bits per heavy atom. The molecule has 0 radical (unpaired) electrons. The second-order valence-corrected chi connectivity index (χ2v) is 5.05. The molecule has 2 aliphatic rings. The number of benzene rings is 1. The van der Waals surface area contributed by atoms with Crippen LogP contribution in [0.1, 0.15) is 24.4 Å². The van der Waals surface area contributed by atoms with Crippen molar-refractivity contribution in [2.45, 2.75) is 29.8 Å². The van der Waals surface area contributed by atoms with Gasteiger partial charge in [-0.2, -0.15) is 0 Å². The van der Waals surface area contributed by atoms with Gasteiger partial charge in [0.05, 0.1) is 0 Å². The van der Waals surface area contributed by atoms with Gasteiger partial charge < -0.3 is 5.32 Å². The summed E-state index contributed by atoms with van der Waals surface area (Å²) in [6.45, 7) is 0. The fourth-order valence-corrected chi connectivity index (χ4v) is 3.05. The Hall–Kier alpha value is -0.540. The molecule has 3 heteroatoms. The van der Waals surface area contributed by atoms with E-state index in [2.05, 4.69) is 5.32 Å². The minimum absolute atomic E-state index is 0.122. The van der Waals surface area contributed by atoms with Gasteiger partial charge in [-0.15, -0.1) is 11.8 Å². The fourth-order valence-electron chi connectivity index (χ4n) is 1.86. The topological polar surface area (TPSA) is 12.0 Å². The Morgan fingerprint density at radius 2 is 2.21 bits per heavy atom. The van der Waals surface area contributed by atoms with Crippen LogP contribution >= 0.6 is 11.8 Å². The molecule has 0 bridgehead atoms. The van der Waals surface area contributed by atoms with Crippen LogP contribution in [-0.4, -0.2) is 11.8 Å². The monoisotopic (exact) mass is 209 g/mol. The smallest absolute Gasteiger partial charge is 0.124 e. The van der Waals surface area contributed by atoms with E-state index in [-0.39, 0.29) is 5.82 Å². The van der Waals surface area contributed by atoms with Gasteiger partial charge in [0.25, 0.3) is 0 Å². The van der Waals surface area contributed by atoms with Crippen LogP contribution in [0.25, 0.3) is 0 Å². The summed E-state index contributed by atoms with van der Waals surface area (Å²) in [5.41, 5.74) is 1.28. The van der Waals surface area contributed by atoms with Crippen LogP contribution in [0.4, 0.5) is 4.39 Å². The minimum atomic E-state index is -0.122. The summed E-state index contributed by atoms with van der Waals surface area (Å²) >= 11 is 1.76. The molecule has 1 saturated carbocycles. The molecule has 74 valence electrons. The molecule has 3 rings (SSSR count). The molecule has 0 spiro atoms. The summed E-state index contributed by atoms with van der Waals surface area (Å²) in [6, 6.07) is 6.30. The van der Waals surface area contributed by atoms with Gasteiger partial charge in [0.15, 0.2) is 0 Å². The molecule has 1 heterocycles. The van der Waals surface area contributed by atoms with Crippen molar-refractivity contribution >= 4 is 11.8 Å². The molecule has 1 aromatic carbocycles. The van der Waals surface area contributed by atoms with Crippen LogP contribution in [0.5, 0.6) is 0 Å². The highest BCUT2D eigenvalue weighted by Crippen LogP contribution is 2.39. The highest BCUT2D eigenvalue weighted by atomic mass is 32.2. The molecule has 1 fully saturated rings. The second-order valence-electron chi connectivity index (χ2n) is 3.99. The number of rotatable bonds is 2. The van der Waals surface area contributed by atoms with Crippen LogP contribution in [0.3, 0.4) is 0 Å². The highest BCUT2D eigenvalue weighted by Gasteiger charge is 2.29. The van der Waals surface area contributed by atoms with Gasteiger partial charge in [-0.25, -0.2) is 4.39 Å². The van der Waals surface area contributed by atoms with Crippen LogP contribution < -0.4 is 5.32 Å². The Kier molecular flexibility index (Phi) is 2.03. The third-order valence-electron chi connectivity index (χ3n) is 2.77. The molecule has 1 atom stereocenters. The maximum Gasteiger partial charge on any atom is 0.124 e. The lowest BCUT2D eigenvalue weighted by molar-refractivity contribution is 0.575. The first-order chi connectivity index (χ1) is 6.83. The van der Waals surface area contributed by atoms with E-state index in [1.54, 1.807) is 23.9 Å². The summed E-state index contributed by atoms with van der Waals surface area (Å²) in [4.78, 5) is 1.11.